The number of ether oxygens (including phenoxy) is 1. The van der Waals surface area contributed by atoms with Gasteiger partial charge in [0, 0.05) is 22.6 Å². The summed E-state index contributed by atoms with van der Waals surface area (Å²) in [5.41, 5.74) is 0. The molecule has 0 bridgehead atoms. The molecule has 1 aromatic rings. The van der Waals surface area contributed by atoms with Gasteiger partial charge in [-0.05, 0) is 41.1 Å². The van der Waals surface area contributed by atoms with Crippen LogP contribution in [0.4, 0.5) is 0 Å². The largest absolute Gasteiger partial charge is 0.383 e. The Hall–Kier alpha value is -0.480. The lowest BCUT2D eigenvalue weighted by Gasteiger charge is -2.15. The van der Waals surface area contributed by atoms with Gasteiger partial charge in [-0.1, -0.05) is 15.9 Å². The third-order valence-electron chi connectivity index (χ3n) is 2.51. The van der Waals surface area contributed by atoms with E-state index in [9.17, 15) is 13.2 Å². The van der Waals surface area contributed by atoms with E-state index in [1.807, 2.05) is 0 Å². The Morgan fingerprint density at radius 2 is 2.05 bits per heavy atom. The van der Waals surface area contributed by atoms with Crippen LogP contribution in [0.15, 0.2) is 32.0 Å². The molecule has 21 heavy (non-hydrogen) atoms. The summed E-state index contributed by atoms with van der Waals surface area (Å²) in [6, 6.07) is 3.89. The van der Waals surface area contributed by atoms with Crippen molar-refractivity contribution in [3.8, 4) is 0 Å². The molecule has 1 rings (SSSR count). The van der Waals surface area contributed by atoms with Gasteiger partial charge in [0.15, 0.2) is 0 Å². The maximum Gasteiger partial charge on any atom is 0.242 e. The maximum atomic E-state index is 12.3. The topological polar surface area (TPSA) is 84.5 Å². The molecular formula is C12H16Br2N2O4S. The van der Waals surface area contributed by atoms with Gasteiger partial charge < -0.3 is 10.1 Å². The molecule has 0 fully saturated rings. The number of benzene rings is 1. The zero-order valence-electron chi connectivity index (χ0n) is 11.5. The van der Waals surface area contributed by atoms with Crippen molar-refractivity contribution in [2.75, 3.05) is 20.3 Å². The number of rotatable bonds is 7. The maximum absolute atomic E-state index is 12.3. The van der Waals surface area contributed by atoms with Gasteiger partial charge in [-0.3, -0.25) is 4.79 Å². The van der Waals surface area contributed by atoms with Gasteiger partial charge in [-0.15, -0.1) is 0 Å². The highest BCUT2D eigenvalue weighted by molar-refractivity contribution is 9.11. The van der Waals surface area contributed by atoms with Crippen molar-refractivity contribution in [2.45, 2.75) is 17.9 Å². The zero-order chi connectivity index (χ0) is 16.0. The number of nitrogens with one attached hydrogen (secondary N) is 2. The van der Waals surface area contributed by atoms with E-state index in [2.05, 4.69) is 41.9 Å². The second kappa shape index (κ2) is 8.23. The van der Waals surface area contributed by atoms with Crippen molar-refractivity contribution in [3.63, 3.8) is 0 Å². The number of hydrogen-bond acceptors (Lipinski definition) is 4. The fourth-order valence-electron chi connectivity index (χ4n) is 1.46. The number of sulfonamides is 1. The molecule has 0 aromatic heterocycles. The van der Waals surface area contributed by atoms with Crippen molar-refractivity contribution >= 4 is 47.8 Å². The van der Waals surface area contributed by atoms with Crippen LogP contribution in [0.2, 0.25) is 0 Å². The molecular weight excluding hydrogens is 428 g/mol. The van der Waals surface area contributed by atoms with Gasteiger partial charge >= 0.3 is 0 Å². The summed E-state index contributed by atoms with van der Waals surface area (Å²) in [5.74, 6) is -0.415. The molecule has 0 aliphatic heterocycles. The molecule has 9 heteroatoms. The van der Waals surface area contributed by atoms with Crippen LogP contribution in [0.5, 0.6) is 0 Å². The Balaban J connectivity index is 2.80. The Kier molecular flexibility index (Phi) is 7.28. The zero-order valence-corrected chi connectivity index (χ0v) is 15.5. The predicted molar refractivity (Wildman–Crippen MR) is 86.5 cm³/mol. The van der Waals surface area contributed by atoms with Crippen LogP contribution in [0.25, 0.3) is 0 Å². The van der Waals surface area contributed by atoms with E-state index in [0.29, 0.717) is 22.1 Å². The molecule has 0 saturated carbocycles. The summed E-state index contributed by atoms with van der Waals surface area (Å²) in [6.07, 6.45) is 0. The van der Waals surface area contributed by atoms with Crippen LogP contribution in [0.1, 0.15) is 6.92 Å². The minimum Gasteiger partial charge on any atom is -0.383 e. The summed E-state index contributed by atoms with van der Waals surface area (Å²) in [5, 5.41) is 2.57. The molecule has 1 atom stereocenters. The van der Waals surface area contributed by atoms with E-state index in [1.165, 1.54) is 20.1 Å². The van der Waals surface area contributed by atoms with Crippen molar-refractivity contribution < 1.29 is 17.9 Å². The Morgan fingerprint density at radius 1 is 1.38 bits per heavy atom. The molecule has 118 valence electrons. The molecule has 0 aliphatic carbocycles. The van der Waals surface area contributed by atoms with Crippen LogP contribution in [-0.4, -0.2) is 40.6 Å². The second-order valence-corrected chi connectivity index (χ2v) is 7.65. The summed E-state index contributed by atoms with van der Waals surface area (Å²) in [6.45, 7) is 2.16. The lowest BCUT2D eigenvalue weighted by molar-refractivity contribution is -0.122. The standard InChI is InChI=1S/C12H16Br2N2O4S/c1-8(12(17)15-5-6-20-2)16-21(18,19)11-7-9(13)3-4-10(11)14/h3-4,7-8,16H,5-6H2,1-2H3,(H,15,17). The first-order chi connectivity index (χ1) is 9.77. The number of hydrogen-bond donors (Lipinski definition) is 2. The van der Waals surface area contributed by atoms with E-state index < -0.39 is 22.0 Å². The minimum atomic E-state index is -3.81. The third-order valence-corrected chi connectivity index (χ3v) is 5.54. The minimum absolute atomic E-state index is 0.0633. The molecule has 1 amide bonds. The van der Waals surface area contributed by atoms with Gasteiger partial charge in [-0.25, -0.2) is 8.42 Å². The molecule has 0 saturated heterocycles. The number of carbonyl (C=O) groups is 1. The molecule has 1 unspecified atom stereocenters. The molecule has 1 aromatic carbocycles. The Morgan fingerprint density at radius 3 is 2.67 bits per heavy atom. The van der Waals surface area contributed by atoms with E-state index in [4.69, 9.17) is 4.74 Å². The summed E-state index contributed by atoms with van der Waals surface area (Å²) >= 11 is 6.41. The monoisotopic (exact) mass is 442 g/mol. The lowest BCUT2D eigenvalue weighted by atomic mass is 10.3. The van der Waals surface area contributed by atoms with Crippen LogP contribution in [0.3, 0.4) is 0 Å². The molecule has 6 nitrogen and oxygen atoms in total. The van der Waals surface area contributed by atoms with Crippen LogP contribution >= 0.6 is 31.9 Å². The number of halogens is 2. The molecule has 2 N–H and O–H groups in total. The van der Waals surface area contributed by atoms with E-state index in [1.54, 1.807) is 12.1 Å². The first-order valence-electron chi connectivity index (χ1n) is 6.02. The van der Waals surface area contributed by atoms with Gasteiger partial charge in [0.25, 0.3) is 0 Å². The predicted octanol–water partition coefficient (Wildman–Crippen LogP) is 1.64. The van der Waals surface area contributed by atoms with Crippen molar-refractivity contribution in [1.82, 2.24) is 10.0 Å². The van der Waals surface area contributed by atoms with E-state index in [-0.39, 0.29) is 4.90 Å². The number of methoxy groups -OCH3 is 1. The summed E-state index contributed by atoms with van der Waals surface area (Å²) in [7, 11) is -2.29. The number of carbonyl (C=O) groups excluding carboxylic acids is 1. The van der Waals surface area contributed by atoms with Crippen LogP contribution < -0.4 is 10.0 Å². The van der Waals surface area contributed by atoms with Crippen molar-refractivity contribution in [1.29, 1.82) is 0 Å². The van der Waals surface area contributed by atoms with Crippen LogP contribution in [0, 0.1) is 0 Å². The van der Waals surface area contributed by atoms with Gasteiger partial charge in [-0.2, -0.15) is 4.72 Å². The fourth-order valence-corrected chi connectivity index (χ4v) is 4.17. The molecule has 0 aliphatic rings. The highest BCUT2D eigenvalue weighted by atomic mass is 79.9. The SMILES string of the molecule is COCCNC(=O)C(C)NS(=O)(=O)c1cc(Br)ccc1Br. The smallest absolute Gasteiger partial charge is 0.242 e. The van der Waals surface area contributed by atoms with Crippen LogP contribution in [-0.2, 0) is 19.6 Å². The third kappa shape index (κ3) is 5.67. The van der Waals surface area contributed by atoms with Gasteiger partial charge in [0.1, 0.15) is 0 Å². The van der Waals surface area contributed by atoms with Crippen molar-refractivity contribution in [2.24, 2.45) is 0 Å². The van der Waals surface area contributed by atoms with Gasteiger partial charge in [0.2, 0.25) is 15.9 Å². The lowest BCUT2D eigenvalue weighted by Crippen LogP contribution is -2.45. The molecule has 0 radical (unpaired) electrons. The van der Waals surface area contributed by atoms with Gasteiger partial charge in [0.05, 0.1) is 17.5 Å². The molecule has 0 spiro atoms. The quantitative estimate of drug-likeness (QED) is 0.627. The Labute approximate surface area is 140 Å². The first kappa shape index (κ1) is 18.6. The normalized spacial score (nSPS) is 13.0. The average molecular weight is 444 g/mol. The average Bonchev–Trinajstić information content (AvgIpc) is 2.41. The summed E-state index contributed by atoms with van der Waals surface area (Å²) in [4.78, 5) is 11.8. The van der Waals surface area contributed by atoms with Crippen molar-refractivity contribution in [3.05, 3.63) is 27.1 Å². The Bertz CT molecular complexity index is 607. The highest BCUT2D eigenvalue weighted by Crippen LogP contribution is 2.25. The fraction of sp³-hybridized carbons (Fsp3) is 0.417. The second-order valence-electron chi connectivity index (χ2n) is 4.20. The highest BCUT2D eigenvalue weighted by Gasteiger charge is 2.23. The molecule has 0 heterocycles. The first-order valence-corrected chi connectivity index (χ1v) is 9.09. The number of amides is 1. The van der Waals surface area contributed by atoms with E-state index in [0.717, 1.165) is 0 Å². The summed E-state index contributed by atoms with van der Waals surface area (Å²) < 4.78 is 32.8. The van der Waals surface area contributed by atoms with E-state index >= 15 is 0 Å².